The molecule has 9 nitrogen and oxygen atoms in total. The number of nitrogens with two attached hydrogens (primary N) is 1. The third kappa shape index (κ3) is 13.1. The summed E-state index contributed by atoms with van der Waals surface area (Å²) in [6, 6.07) is 4.90. The summed E-state index contributed by atoms with van der Waals surface area (Å²) in [5.41, 5.74) is 5.71. The van der Waals surface area contributed by atoms with Gasteiger partial charge in [-0.25, -0.2) is 14.8 Å². The molecule has 1 aliphatic rings. The zero-order valence-electron chi connectivity index (χ0n) is 24.2. The molecule has 1 aromatic carbocycles. The van der Waals surface area contributed by atoms with Gasteiger partial charge in [0, 0.05) is 26.6 Å². The van der Waals surface area contributed by atoms with Crippen molar-refractivity contribution in [2.24, 2.45) is 0 Å². The Morgan fingerprint density at radius 3 is 2.27 bits per heavy atom. The second kappa shape index (κ2) is 16.6. The first-order valence-electron chi connectivity index (χ1n) is 13.3. The number of alkyl halides is 3. The van der Waals surface area contributed by atoms with Gasteiger partial charge in [0.2, 0.25) is 5.95 Å². The SMILES string of the molecule is CC.CC(C)(C)OC(=O)N1CCC(OCc2ccc(C(F)(F)F)cc2)C1.CN(CCCC=O)c1cnc(N)nc1. The van der Waals surface area contributed by atoms with Crippen LogP contribution < -0.4 is 10.6 Å². The molecule has 0 radical (unpaired) electrons. The fourth-order valence-corrected chi connectivity index (χ4v) is 3.43. The average Bonchev–Trinajstić information content (AvgIpc) is 3.38. The summed E-state index contributed by atoms with van der Waals surface area (Å²) in [6.07, 6.45) is 1.52. The van der Waals surface area contributed by atoms with Crippen molar-refractivity contribution in [2.45, 2.75) is 78.4 Å². The maximum absolute atomic E-state index is 12.5. The Balaban J connectivity index is 0.000000425. The highest BCUT2D eigenvalue weighted by Crippen LogP contribution is 2.29. The molecule has 2 aromatic rings. The number of unbranched alkanes of at least 4 members (excludes halogenated alkanes) is 1. The van der Waals surface area contributed by atoms with Crippen LogP contribution >= 0.6 is 0 Å². The molecule has 0 saturated carbocycles. The number of hydrogen-bond acceptors (Lipinski definition) is 8. The number of benzene rings is 1. The third-order valence-corrected chi connectivity index (χ3v) is 5.48. The Morgan fingerprint density at radius 2 is 1.75 bits per heavy atom. The molecule has 1 aromatic heterocycles. The van der Waals surface area contributed by atoms with E-state index in [2.05, 4.69) is 9.97 Å². The number of aromatic nitrogens is 2. The summed E-state index contributed by atoms with van der Waals surface area (Å²) in [7, 11) is 1.93. The van der Waals surface area contributed by atoms with E-state index in [1.165, 1.54) is 12.1 Å². The molecule has 1 fully saturated rings. The number of rotatable bonds is 8. The van der Waals surface area contributed by atoms with Crippen LogP contribution in [0.1, 0.15) is 65.0 Å². The predicted molar refractivity (Wildman–Crippen MR) is 149 cm³/mol. The van der Waals surface area contributed by atoms with E-state index in [1.54, 1.807) is 38.1 Å². The van der Waals surface area contributed by atoms with E-state index in [0.29, 0.717) is 31.5 Å². The second-order valence-corrected chi connectivity index (χ2v) is 9.87. The van der Waals surface area contributed by atoms with Crippen LogP contribution in [0.15, 0.2) is 36.7 Å². The van der Waals surface area contributed by atoms with Crippen LogP contribution in [0.2, 0.25) is 0 Å². The molecule has 1 aliphatic heterocycles. The number of likely N-dealkylation sites (tertiary alicyclic amines) is 1. The summed E-state index contributed by atoms with van der Waals surface area (Å²) in [6.45, 7) is 11.4. The van der Waals surface area contributed by atoms with E-state index in [1.807, 2.05) is 25.8 Å². The van der Waals surface area contributed by atoms with Gasteiger partial charge in [0.05, 0.1) is 42.9 Å². The number of nitrogens with zero attached hydrogens (tertiary/aromatic N) is 4. The highest BCUT2D eigenvalue weighted by Gasteiger charge is 2.31. The molecule has 1 saturated heterocycles. The lowest BCUT2D eigenvalue weighted by molar-refractivity contribution is -0.137. The van der Waals surface area contributed by atoms with Crippen LogP contribution in [0, 0.1) is 0 Å². The first-order chi connectivity index (χ1) is 18.8. The molecule has 0 aliphatic carbocycles. The summed E-state index contributed by atoms with van der Waals surface area (Å²) >= 11 is 0. The highest BCUT2D eigenvalue weighted by atomic mass is 19.4. The van der Waals surface area contributed by atoms with Gasteiger partial charge in [-0.2, -0.15) is 13.2 Å². The summed E-state index contributed by atoms with van der Waals surface area (Å²) in [5, 5.41) is 0. The molecule has 0 bridgehead atoms. The van der Waals surface area contributed by atoms with Crippen molar-refractivity contribution in [3.8, 4) is 0 Å². The van der Waals surface area contributed by atoms with E-state index < -0.39 is 17.3 Å². The maximum Gasteiger partial charge on any atom is 0.416 e. The minimum Gasteiger partial charge on any atom is -0.444 e. The average molecular weight is 570 g/mol. The number of carbonyl (C=O) groups excluding carboxylic acids is 2. The van der Waals surface area contributed by atoms with Crippen LogP contribution in [-0.4, -0.2) is 65.6 Å². The Bertz CT molecular complexity index is 1010. The van der Waals surface area contributed by atoms with E-state index in [9.17, 15) is 22.8 Å². The number of ether oxygens (including phenoxy) is 2. The predicted octanol–water partition coefficient (Wildman–Crippen LogP) is 5.73. The van der Waals surface area contributed by atoms with Crippen molar-refractivity contribution in [1.29, 1.82) is 0 Å². The van der Waals surface area contributed by atoms with Crippen molar-refractivity contribution >= 4 is 24.0 Å². The molecule has 2 N–H and O–H groups in total. The Labute approximate surface area is 234 Å². The van der Waals surface area contributed by atoms with Gasteiger partial charge in [-0.3, -0.25) is 0 Å². The molecule has 1 amide bonds. The van der Waals surface area contributed by atoms with Crippen molar-refractivity contribution in [2.75, 3.05) is 37.3 Å². The highest BCUT2D eigenvalue weighted by molar-refractivity contribution is 5.68. The number of carbonyl (C=O) groups is 2. The molecular weight excluding hydrogens is 527 g/mol. The van der Waals surface area contributed by atoms with Gasteiger partial charge >= 0.3 is 12.3 Å². The largest absolute Gasteiger partial charge is 0.444 e. The normalized spacial score (nSPS) is 14.8. The van der Waals surface area contributed by atoms with Crippen LogP contribution in [0.4, 0.5) is 29.6 Å². The first kappa shape index (κ1) is 34.6. The standard InChI is InChI=1S/C17H22F3NO3.C9H14N4O.C2H6/c1-16(2,3)24-15(22)21-9-8-14(10-21)23-11-12-4-6-13(7-5-12)17(18,19)20;1-13(4-2-3-5-14)8-6-11-9(10)12-7-8;1-2/h4-7,14H,8-11H2,1-3H3;5-7H,2-4H2,1H3,(H2,10,11,12);1-2H3. The lowest BCUT2D eigenvalue weighted by Crippen LogP contribution is -2.36. The molecule has 224 valence electrons. The number of hydrogen-bond donors (Lipinski definition) is 1. The van der Waals surface area contributed by atoms with Gasteiger partial charge in [-0.1, -0.05) is 26.0 Å². The Kier molecular flexibility index (Phi) is 14.4. The minimum atomic E-state index is -4.33. The van der Waals surface area contributed by atoms with Gasteiger partial charge in [-0.15, -0.1) is 0 Å². The fraction of sp³-hybridized carbons (Fsp3) is 0.571. The number of nitrogen functional groups attached to an aromatic ring is 1. The molecule has 3 rings (SSSR count). The van der Waals surface area contributed by atoms with Gasteiger partial charge in [0.1, 0.15) is 11.9 Å². The van der Waals surface area contributed by atoms with Crippen LogP contribution in [0.25, 0.3) is 0 Å². The Hall–Kier alpha value is -3.41. The van der Waals surface area contributed by atoms with E-state index in [4.69, 9.17) is 15.2 Å². The fourth-order valence-electron chi connectivity index (χ4n) is 3.43. The van der Waals surface area contributed by atoms with Crippen molar-refractivity contribution in [1.82, 2.24) is 14.9 Å². The zero-order valence-corrected chi connectivity index (χ0v) is 24.2. The number of halogens is 3. The molecule has 12 heteroatoms. The van der Waals surface area contributed by atoms with E-state index in [0.717, 1.165) is 37.1 Å². The molecule has 1 unspecified atom stereocenters. The number of amides is 1. The molecule has 40 heavy (non-hydrogen) atoms. The van der Waals surface area contributed by atoms with Crippen LogP contribution in [0.5, 0.6) is 0 Å². The molecule has 0 spiro atoms. The minimum absolute atomic E-state index is 0.139. The van der Waals surface area contributed by atoms with E-state index >= 15 is 0 Å². The van der Waals surface area contributed by atoms with Crippen molar-refractivity contribution in [3.63, 3.8) is 0 Å². The lowest BCUT2D eigenvalue weighted by Gasteiger charge is -2.24. The summed E-state index contributed by atoms with van der Waals surface area (Å²) < 4.78 is 48.5. The Morgan fingerprint density at radius 1 is 1.15 bits per heavy atom. The second-order valence-electron chi connectivity index (χ2n) is 9.87. The summed E-state index contributed by atoms with van der Waals surface area (Å²) in [4.78, 5) is 33.4. The zero-order chi connectivity index (χ0) is 30.3. The molecule has 1 atom stereocenters. The van der Waals surface area contributed by atoms with Gasteiger partial charge < -0.3 is 29.8 Å². The van der Waals surface area contributed by atoms with Crippen molar-refractivity contribution in [3.05, 3.63) is 47.8 Å². The number of aldehydes is 1. The molecular formula is C28H42F3N5O4. The van der Waals surface area contributed by atoms with Crippen LogP contribution in [-0.2, 0) is 27.1 Å². The monoisotopic (exact) mass is 569 g/mol. The van der Waals surface area contributed by atoms with E-state index in [-0.39, 0.29) is 24.8 Å². The quantitative estimate of drug-likeness (QED) is 0.317. The van der Waals surface area contributed by atoms with Crippen molar-refractivity contribution < 1.29 is 32.2 Å². The molecule has 2 heterocycles. The van der Waals surface area contributed by atoms with Gasteiger partial charge in [0.15, 0.2) is 0 Å². The van der Waals surface area contributed by atoms with Gasteiger partial charge in [-0.05, 0) is 51.3 Å². The first-order valence-corrected chi connectivity index (χ1v) is 13.3. The smallest absolute Gasteiger partial charge is 0.416 e. The number of anilines is 2. The van der Waals surface area contributed by atoms with Gasteiger partial charge in [0.25, 0.3) is 0 Å². The lowest BCUT2D eigenvalue weighted by atomic mass is 10.1. The van der Waals surface area contributed by atoms with Crippen LogP contribution in [0.3, 0.4) is 0 Å². The topological polar surface area (TPSA) is 111 Å². The maximum atomic E-state index is 12.5. The third-order valence-electron chi connectivity index (χ3n) is 5.48. The summed E-state index contributed by atoms with van der Waals surface area (Å²) in [5.74, 6) is 0.273.